The van der Waals surface area contributed by atoms with Gasteiger partial charge in [0.25, 0.3) is 0 Å². The highest BCUT2D eigenvalue weighted by molar-refractivity contribution is 5.87. The third-order valence-electron chi connectivity index (χ3n) is 11.0. The lowest BCUT2D eigenvalue weighted by atomic mass is 9.96. The molecule has 4 aliphatic heterocycles. The van der Waals surface area contributed by atoms with E-state index in [1.54, 1.807) is 0 Å². The smallest absolute Gasteiger partial charge is 0.331 e. The number of aromatic hydroxyl groups is 4. The molecule has 0 aliphatic carbocycles. The van der Waals surface area contributed by atoms with Crippen LogP contribution in [0.3, 0.4) is 0 Å². The number of phenolic OH excluding ortho intramolecular Hbond substituents is 4. The number of hydrogen-bond donors (Lipinski definition) is 13. The number of carbonyl (C=O) groups is 1. The van der Waals surface area contributed by atoms with Crippen LogP contribution in [0, 0.1) is 0 Å². The van der Waals surface area contributed by atoms with Crippen LogP contribution in [0.25, 0.3) is 6.08 Å². The van der Waals surface area contributed by atoms with Gasteiger partial charge in [-0.2, -0.15) is 0 Å². The molecule has 13 N–H and O–H groups in total. The lowest BCUT2D eigenvalue weighted by molar-refractivity contribution is -0.383. The number of hydrogen-bond acceptors (Lipinski definition) is 23. The predicted molar refractivity (Wildman–Crippen MR) is 205 cm³/mol. The fourth-order valence-electron chi connectivity index (χ4n) is 7.27. The second kappa shape index (κ2) is 21.0. The summed E-state index contributed by atoms with van der Waals surface area (Å²) in [4.78, 5) is 13.6. The lowest BCUT2D eigenvalue weighted by Crippen LogP contribution is -2.66. The van der Waals surface area contributed by atoms with Crippen LogP contribution in [0.15, 0.2) is 42.5 Å². The van der Waals surface area contributed by atoms with Crippen LogP contribution < -0.4 is 0 Å². The van der Waals surface area contributed by atoms with Crippen LogP contribution in [-0.2, 0) is 53.8 Å². The summed E-state index contributed by atoms with van der Waals surface area (Å²) in [5.74, 6) is -2.80. The van der Waals surface area contributed by atoms with E-state index in [9.17, 15) is 71.2 Å². The molecule has 4 heterocycles. The fourth-order valence-corrected chi connectivity index (χ4v) is 7.27. The molecule has 23 nitrogen and oxygen atoms in total. The van der Waals surface area contributed by atoms with Gasteiger partial charge in [-0.1, -0.05) is 12.1 Å². The Morgan fingerprint density at radius 3 is 1.90 bits per heavy atom. The summed E-state index contributed by atoms with van der Waals surface area (Å²) in [6.45, 7) is 1.37. The number of esters is 1. The molecule has 0 spiro atoms. The molecule has 19 atom stereocenters. The van der Waals surface area contributed by atoms with E-state index in [-0.39, 0.29) is 24.3 Å². The van der Waals surface area contributed by atoms with Gasteiger partial charge in [0.2, 0.25) is 0 Å². The molecular weight excluding hydrogens is 848 g/mol. The number of phenols is 4. The minimum atomic E-state index is -1.93. The van der Waals surface area contributed by atoms with Gasteiger partial charge in [-0.15, -0.1) is 0 Å². The lowest BCUT2D eigenvalue weighted by Gasteiger charge is -2.48. The Kier molecular flexibility index (Phi) is 16.2. The molecular formula is C40H54O23. The van der Waals surface area contributed by atoms with Gasteiger partial charge >= 0.3 is 5.97 Å². The van der Waals surface area contributed by atoms with Crippen LogP contribution in [0.4, 0.5) is 0 Å². The average molecular weight is 903 g/mol. The van der Waals surface area contributed by atoms with Crippen molar-refractivity contribution >= 4 is 12.0 Å². The highest BCUT2D eigenvalue weighted by Gasteiger charge is 2.55. The molecule has 63 heavy (non-hydrogen) atoms. The maximum Gasteiger partial charge on any atom is 0.331 e. The number of aliphatic hydroxyl groups is 9. The predicted octanol–water partition coefficient (Wildman–Crippen LogP) is -3.70. The minimum absolute atomic E-state index is 0.0802. The van der Waals surface area contributed by atoms with Crippen molar-refractivity contribution < 1.29 is 114 Å². The third kappa shape index (κ3) is 11.3. The summed E-state index contributed by atoms with van der Waals surface area (Å²) < 4.78 is 52.6. The van der Waals surface area contributed by atoms with Crippen molar-refractivity contribution in [1.82, 2.24) is 0 Å². The van der Waals surface area contributed by atoms with Crippen LogP contribution in [0.5, 0.6) is 23.0 Å². The van der Waals surface area contributed by atoms with Crippen LogP contribution in [0.1, 0.15) is 25.0 Å². The van der Waals surface area contributed by atoms with Crippen molar-refractivity contribution in [2.75, 3.05) is 19.8 Å². The normalized spacial score (nSPS) is 39.9. The second-order valence-electron chi connectivity index (χ2n) is 15.6. The average Bonchev–Trinajstić information content (AvgIpc) is 3.25. The van der Waals surface area contributed by atoms with Gasteiger partial charge in [0.05, 0.1) is 32.0 Å². The summed E-state index contributed by atoms with van der Waals surface area (Å²) in [6.07, 6.45) is -29.3. The summed E-state index contributed by atoms with van der Waals surface area (Å²) in [5, 5.41) is 136. The molecule has 2 aromatic rings. The molecule has 4 saturated heterocycles. The molecule has 2 aromatic carbocycles. The maximum absolute atomic E-state index is 13.6. The Balaban J connectivity index is 1.32. The first-order chi connectivity index (χ1) is 29.8. The summed E-state index contributed by atoms with van der Waals surface area (Å²) >= 11 is 0. The second-order valence-corrected chi connectivity index (χ2v) is 15.6. The van der Waals surface area contributed by atoms with E-state index in [0.717, 1.165) is 12.1 Å². The number of aliphatic hydroxyl groups excluding tert-OH is 9. The van der Waals surface area contributed by atoms with Crippen LogP contribution >= 0.6 is 0 Å². The highest BCUT2D eigenvalue weighted by atomic mass is 16.8. The molecule has 0 saturated carbocycles. The van der Waals surface area contributed by atoms with Crippen molar-refractivity contribution in [2.45, 2.75) is 137 Å². The van der Waals surface area contributed by atoms with Crippen molar-refractivity contribution in [3.8, 4) is 23.0 Å². The zero-order valence-corrected chi connectivity index (χ0v) is 33.8. The van der Waals surface area contributed by atoms with Gasteiger partial charge in [0, 0.05) is 6.08 Å². The van der Waals surface area contributed by atoms with Crippen molar-refractivity contribution in [3.05, 3.63) is 53.6 Å². The van der Waals surface area contributed by atoms with Gasteiger partial charge in [-0.3, -0.25) is 0 Å². The Labute approximate surface area is 359 Å². The number of ether oxygens (including phenoxy) is 9. The molecule has 4 aliphatic rings. The zero-order valence-electron chi connectivity index (χ0n) is 33.8. The van der Waals surface area contributed by atoms with Crippen molar-refractivity contribution in [2.24, 2.45) is 0 Å². The van der Waals surface area contributed by atoms with E-state index < -0.39 is 153 Å². The Bertz CT molecular complexity index is 1850. The largest absolute Gasteiger partial charge is 0.504 e. The third-order valence-corrected chi connectivity index (χ3v) is 11.0. The molecule has 4 fully saturated rings. The topological polar surface area (TPSA) is 363 Å². The molecule has 23 heteroatoms. The Morgan fingerprint density at radius 2 is 1.22 bits per heavy atom. The van der Waals surface area contributed by atoms with E-state index in [1.807, 2.05) is 0 Å². The molecule has 352 valence electrons. The molecule has 0 radical (unpaired) electrons. The molecule has 19 unspecified atom stereocenters. The van der Waals surface area contributed by atoms with Crippen molar-refractivity contribution in [1.29, 1.82) is 0 Å². The highest BCUT2D eigenvalue weighted by Crippen LogP contribution is 2.35. The quantitative estimate of drug-likeness (QED) is 0.0493. The standard InChI is InChI=1S/C40H54O23/c1-15-26(47)29(50)32(53)37(58-15)57-14-24-34(61-25(46)8-5-17-3-6-19(41)21(43)11-17)35(33(54)39(60-24)55-10-9-18-4-7-20(42)22(44)12-18)62-40-36(30(51)27(48)16(2)59-40)63-38-31(52)28(49)23(45)13-56-38/h3-8,11-12,15-16,23-24,26-45,47-54H,9-10,13-14H2,1-2H3. The van der Waals surface area contributed by atoms with Gasteiger partial charge in [-0.25, -0.2) is 4.79 Å². The van der Waals surface area contributed by atoms with Crippen LogP contribution in [-0.4, -0.2) is 209 Å². The van der Waals surface area contributed by atoms with Crippen molar-refractivity contribution in [3.63, 3.8) is 0 Å². The molecule has 0 bridgehead atoms. The van der Waals surface area contributed by atoms with Gasteiger partial charge in [0.1, 0.15) is 73.2 Å². The summed E-state index contributed by atoms with van der Waals surface area (Å²) in [5.41, 5.74) is 0.731. The van der Waals surface area contributed by atoms with Crippen LogP contribution in [0.2, 0.25) is 0 Å². The van der Waals surface area contributed by atoms with E-state index in [2.05, 4.69) is 0 Å². The first-order valence-corrected chi connectivity index (χ1v) is 20.0. The summed E-state index contributed by atoms with van der Waals surface area (Å²) in [6, 6.07) is 7.70. The number of rotatable bonds is 14. The fraction of sp³-hybridized carbons (Fsp3) is 0.625. The monoisotopic (exact) mass is 902 g/mol. The number of benzene rings is 2. The van der Waals surface area contributed by atoms with Gasteiger partial charge in [0.15, 0.2) is 54.3 Å². The maximum atomic E-state index is 13.6. The number of carbonyl (C=O) groups excluding carboxylic acids is 1. The van der Waals surface area contributed by atoms with E-state index in [4.69, 9.17) is 42.6 Å². The zero-order chi connectivity index (χ0) is 45.9. The first-order valence-electron chi connectivity index (χ1n) is 20.0. The van der Waals surface area contributed by atoms with Gasteiger partial charge in [-0.05, 0) is 61.7 Å². The van der Waals surface area contributed by atoms with E-state index in [0.29, 0.717) is 5.56 Å². The Morgan fingerprint density at radius 1 is 0.619 bits per heavy atom. The minimum Gasteiger partial charge on any atom is -0.504 e. The SMILES string of the molecule is CC1OC(OCC2OC(OCCc3ccc(O)c(O)c3)C(O)C(OC3OC(C)C(O)C(O)C3OC3OCC(O)C(O)C3O)C2OC(=O)C=Cc2ccc(O)c(O)c2)C(O)C(O)C1O. The van der Waals surface area contributed by atoms with E-state index in [1.165, 1.54) is 50.3 Å². The first kappa shape index (κ1) is 48.6. The molecule has 6 rings (SSSR count). The Hall–Kier alpha value is -3.83. The molecule has 0 aromatic heterocycles. The molecule has 0 amide bonds. The van der Waals surface area contributed by atoms with E-state index >= 15 is 0 Å². The summed E-state index contributed by atoms with van der Waals surface area (Å²) in [7, 11) is 0. The van der Waals surface area contributed by atoms with Gasteiger partial charge < -0.3 is 109 Å².